The molecular formula is C36H56O8Si. The molecule has 0 saturated heterocycles. The Morgan fingerprint density at radius 3 is 1.33 bits per heavy atom. The second kappa shape index (κ2) is 17.7. The largest absolute Gasteiger partial charge is 0.822 e. The van der Waals surface area contributed by atoms with Gasteiger partial charge in [-0.15, -0.1) is 0 Å². The smallest absolute Gasteiger partial charge is 0.493 e. The van der Waals surface area contributed by atoms with Gasteiger partial charge < -0.3 is 27.2 Å². The summed E-state index contributed by atoms with van der Waals surface area (Å²) in [5.41, 5.74) is -0.418. The summed E-state index contributed by atoms with van der Waals surface area (Å²) >= 11 is 0. The Morgan fingerprint density at radius 1 is 0.667 bits per heavy atom. The van der Waals surface area contributed by atoms with Crippen LogP contribution in [0.3, 0.4) is 0 Å². The molecule has 2 aromatic rings. The van der Waals surface area contributed by atoms with Crippen LogP contribution in [0.15, 0.2) is 36.4 Å². The molecule has 2 rings (SSSR count). The van der Waals surface area contributed by atoms with Crippen molar-refractivity contribution in [3.05, 3.63) is 47.5 Å². The third kappa shape index (κ3) is 11.8. The molecule has 0 N–H and O–H groups in total. The summed E-state index contributed by atoms with van der Waals surface area (Å²) in [6.45, 7) is 17.2. The third-order valence-electron chi connectivity index (χ3n) is 8.33. The Hall–Kier alpha value is -2.88. The van der Waals surface area contributed by atoms with E-state index in [9.17, 15) is 9.59 Å². The average Bonchev–Trinajstić information content (AvgIpc) is 3.00. The Kier molecular flexibility index (Phi) is 15.1. The molecule has 0 aromatic heterocycles. The molecule has 9 heteroatoms. The molecule has 0 fully saturated rings. The van der Waals surface area contributed by atoms with Gasteiger partial charge in [0.15, 0.2) is 23.0 Å². The molecule has 8 nitrogen and oxygen atoms in total. The maximum Gasteiger partial charge on any atom is 0.822 e. The molecule has 0 aliphatic rings. The lowest BCUT2D eigenvalue weighted by Crippen LogP contribution is -2.63. The fourth-order valence-corrected chi connectivity index (χ4v) is 7.88. The first kappa shape index (κ1) is 38.3. The van der Waals surface area contributed by atoms with Gasteiger partial charge in [-0.05, 0) is 87.8 Å². The molecular weight excluding hydrogens is 588 g/mol. The zero-order chi connectivity index (χ0) is 33.7. The second-order valence-corrected chi connectivity index (χ2v) is 15.0. The van der Waals surface area contributed by atoms with E-state index in [1.54, 1.807) is 36.4 Å². The van der Waals surface area contributed by atoms with Gasteiger partial charge in [0.05, 0.1) is 25.4 Å². The SMILES string of the molecule is CCC(C)(CCCC(C)C)O[Si](Oc1ccc(C=O)cc1OC)(Oc1ccc(C=O)cc1OC)OC(C)(CC)CCCC(C)C. The highest BCUT2D eigenvalue weighted by Gasteiger charge is 2.60. The van der Waals surface area contributed by atoms with Gasteiger partial charge in [0.25, 0.3) is 0 Å². The van der Waals surface area contributed by atoms with Crippen LogP contribution in [0.2, 0.25) is 0 Å². The van der Waals surface area contributed by atoms with E-state index in [4.69, 9.17) is 27.2 Å². The van der Waals surface area contributed by atoms with E-state index in [0.717, 1.165) is 51.1 Å². The third-order valence-corrected chi connectivity index (χ3v) is 10.8. The summed E-state index contributed by atoms with van der Waals surface area (Å²) in [7, 11) is -1.19. The van der Waals surface area contributed by atoms with Crippen LogP contribution in [0.1, 0.15) is 127 Å². The van der Waals surface area contributed by atoms with E-state index >= 15 is 0 Å². The summed E-state index contributed by atoms with van der Waals surface area (Å²) in [6, 6.07) is 9.91. The molecule has 0 heterocycles. The number of carbonyl (C=O) groups excluding carboxylic acids is 2. The molecule has 0 spiro atoms. The first-order valence-electron chi connectivity index (χ1n) is 16.3. The molecule has 0 saturated carbocycles. The van der Waals surface area contributed by atoms with Gasteiger partial charge in [0.1, 0.15) is 12.6 Å². The number of hydrogen-bond donors (Lipinski definition) is 0. The van der Waals surface area contributed by atoms with Crippen molar-refractivity contribution < 1.29 is 36.8 Å². The minimum Gasteiger partial charge on any atom is -0.493 e. The van der Waals surface area contributed by atoms with E-state index in [2.05, 4.69) is 55.4 Å². The van der Waals surface area contributed by atoms with Crippen molar-refractivity contribution in [1.82, 2.24) is 0 Å². The minimum absolute atomic E-state index is 0.333. The highest BCUT2D eigenvalue weighted by molar-refractivity contribution is 6.55. The topological polar surface area (TPSA) is 89.5 Å². The van der Waals surface area contributed by atoms with Crippen molar-refractivity contribution in [2.24, 2.45) is 11.8 Å². The Labute approximate surface area is 272 Å². The van der Waals surface area contributed by atoms with Crippen LogP contribution in [-0.4, -0.2) is 47.0 Å². The van der Waals surface area contributed by atoms with Crippen LogP contribution >= 0.6 is 0 Å². The predicted octanol–water partition coefficient (Wildman–Crippen LogP) is 9.25. The molecule has 0 radical (unpaired) electrons. The molecule has 0 amide bonds. The van der Waals surface area contributed by atoms with E-state index in [1.807, 2.05) is 0 Å². The van der Waals surface area contributed by atoms with Crippen molar-refractivity contribution in [2.45, 2.75) is 118 Å². The van der Waals surface area contributed by atoms with E-state index in [0.29, 0.717) is 58.8 Å². The van der Waals surface area contributed by atoms with Crippen LogP contribution in [0.25, 0.3) is 0 Å². The Bertz CT molecular complexity index is 1120. The molecule has 252 valence electrons. The maximum atomic E-state index is 11.6. The summed E-state index contributed by atoms with van der Waals surface area (Å²) < 4.78 is 39.3. The Balaban J connectivity index is 2.80. The highest BCUT2D eigenvalue weighted by Crippen LogP contribution is 2.40. The normalized spacial score (nSPS) is 14.5. The standard InChI is InChI=1S/C36H56O8Si/c1-11-35(7,21-13-15-27(3)4)43-45(44-36(8,12-2)22-14-16-28(5)6,41-31-19-17-29(25-37)23-33(31)39-9)42-32-20-18-30(26-38)24-34(32)40-10/h17-20,23-28H,11-16,21-22H2,1-10H3. The fourth-order valence-electron chi connectivity index (χ4n) is 5.05. The zero-order valence-electron chi connectivity index (χ0n) is 29.2. The quantitative estimate of drug-likeness (QED) is 0.0926. The van der Waals surface area contributed by atoms with Crippen LogP contribution in [0, 0.1) is 11.8 Å². The number of benzene rings is 2. The summed E-state index contributed by atoms with van der Waals surface area (Å²) in [5, 5.41) is 0. The zero-order valence-corrected chi connectivity index (χ0v) is 30.2. The number of aldehydes is 2. The van der Waals surface area contributed by atoms with Gasteiger partial charge in [0, 0.05) is 11.1 Å². The number of rotatable bonds is 22. The maximum absolute atomic E-state index is 11.6. The number of methoxy groups -OCH3 is 2. The van der Waals surface area contributed by atoms with Crippen LogP contribution < -0.4 is 18.3 Å². The van der Waals surface area contributed by atoms with Crippen LogP contribution in [0.4, 0.5) is 0 Å². The number of hydrogen-bond acceptors (Lipinski definition) is 8. The van der Waals surface area contributed by atoms with Crippen molar-refractivity contribution in [3.63, 3.8) is 0 Å². The van der Waals surface area contributed by atoms with Crippen molar-refractivity contribution in [2.75, 3.05) is 14.2 Å². The summed E-state index contributed by atoms with van der Waals surface area (Å²) in [4.78, 5) is 23.2. The van der Waals surface area contributed by atoms with E-state index < -0.39 is 20.3 Å². The van der Waals surface area contributed by atoms with Gasteiger partial charge >= 0.3 is 9.05 Å². The first-order chi connectivity index (χ1) is 21.3. The van der Waals surface area contributed by atoms with E-state index in [-0.39, 0.29) is 0 Å². The van der Waals surface area contributed by atoms with Gasteiger partial charge in [0.2, 0.25) is 0 Å². The lowest BCUT2D eigenvalue weighted by atomic mass is 9.94. The first-order valence-corrected chi connectivity index (χ1v) is 18.0. The highest BCUT2D eigenvalue weighted by atomic mass is 28.4. The van der Waals surface area contributed by atoms with E-state index in [1.165, 1.54) is 14.2 Å². The summed E-state index contributed by atoms with van der Waals surface area (Å²) in [6.07, 6.45) is 8.46. The molecule has 45 heavy (non-hydrogen) atoms. The Morgan fingerprint density at radius 2 is 1.04 bits per heavy atom. The monoisotopic (exact) mass is 644 g/mol. The van der Waals surface area contributed by atoms with Gasteiger partial charge in [-0.25, -0.2) is 0 Å². The fraction of sp³-hybridized carbons (Fsp3) is 0.611. The molecule has 2 unspecified atom stereocenters. The lowest BCUT2D eigenvalue weighted by molar-refractivity contribution is -0.0932. The van der Waals surface area contributed by atoms with Crippen LogP contribution in [0.5, 0.6) is 23.0 Å². The lowest BCUT2D eigenvalue weighted by Gasteiger charge is -2.42. The average molecular weight is 645 g/mol. The molecule has 0 aliphatic carbocycles. The van der Waals surface area contributed by atoms with Gasteiger partial charge in [-0.2, -0.15) is 0 Å². The van der Waals surface area contributed by atoms with Gasteiger partial charge in [-0.1, -0.05) is 67.2 Å². The predicted molar refractivity (Wildman–Crippen MR) is 181 cm³/mol. The van der Waals surface area contributed by atoms with Crippen molar-refractivity contribution >= 4 is 21.6 Å². The minimum atomic E-state index is -4.23. The van der Waals surface area contributed by atoms with Crippen LogP contribution in [-0.2, 0) is 8.85 Å². The summed E-state index contributed by atoms with van der Waals surface area (Å²) in [5.74, 6) is 2.49. The molecule has 2 atom stereocenters. The number of ether oxygens (including phenoxy) is 2. The molecule has 0 aliphatic heterocycles. The van der Waals surface area contributed by atoms with Crippen molar-refractivity contribution in [3.8, 4) is 23.0 Å². The number of carbonyl (C=O) groups is 2. The molecule has 0 bridgehead atoms. The molecule has 2 aromatic carbocycles. The van der Waals surface area contributed by atoms with Crippen molar-refractivity contribution in [1.29, 1.82) is 0 Å². The van der Waals surface area contributed by atoms with Gasteiger partial charge in [-0.3, -0.25) is 9.59 Å². The second-order valence-electron chi connectivity index (χ2n) is 13.1.